The van der Waals surface area contributed by atoms with E-state index in [0.29, 0.717) is 21.5 Å². The number of carbonyl (C=O) groups is 1. The van der Waals surface area contributed by atoms with Crippen molar-refractivity contribution in [2.24, 2.45) is 5.10 Å². The van der Waals surface area contributed by atoms with Crippen LogP contribution in [0.2, 0.25) is 0 Å². The minimum Gasteiger partial charge on any atom is -0.493 e. The molecular weight excluding hydrogens is 424 g/mol. The predicted octanol–water partition coefficient (Wildman–Crippen LogP) is 0.190. The van der Waals surface area contributed by atoms with E-state index in [4.69, 9.17) is 9.47 Å². The lowest BCUT2D eigenvalue weighted by Gasteiger charge is -2.10. The molecule has 0 aliphatic heterocycles. The molecule has 12 heteroatoms. The van der Waals surface area contributed by atoms with Crippen molar-refractivity contribution in [1.29, 1.82) is 0 Å². The molecular formula is C15H17BrN6O5. The second-order valence-corrected chi connectivity index (χ2v) is 5.92. The standard InChI is InChI=1S/C15H17BrN6O5/c1-26-10-6-8(5-9(16)12(10)27-2)7-18-20-11(23)3-4-17-13-14(24)19-15(25)22-21-13/h5-7H,3-4H2,1-2H3,(H,17,21)(H,20,23)(H2,19,22,24,25)/b18-7+. The van der Waals surface area contributed by atoms with E-state index < -0.39 is 11.2 Å². The first-order chi connectivity index (χ1) is 12.9. The van der Waals surface area contributed by atoms with Gasteiger partial charge in [-0.05, 0) is 33.6 Å². The van der Waals surface area contributed by atoms with Crippen LogP contribution in [0.5, 0.6) is 11.5 Å². The lowest BCUT2D eigenvalue weighted by molar-refractivity contribution is -0.120. The second-order valence-electron chi connectivity index (χ2n) is 5.06. The van der Waals surface area contributed by atoms with Gasteiger partial charge >= 0.3 is 5.69 Å². The molecule has 1 aromatic carbocycles. The Morgan fingerprint density at radius 3 is 2.78 bits per heavy atom. The van der Waals surface area contributed by atoms with E-state index >= 15 is 0 Å². The maximum atomic E-state index is 11.8. The average Bonchev–Trinajstić information content (AvgIpc) is 2.63. The molecule has 1 amide bonds. The molecule has 0 spiro atoms. The highest BCUT2D eigenvalue weighted by atomic mass is 79.9. The monoisotopic (exact) mass is 440 g/mol. The second kappa shape index (κ2) is 9.52. The van der Waals surface area contributed by atoms with Crippen LogP contribution >= 0.6 is 15.9 Å². The summed E-state index contributed by atoms with van der Waals surface area (Å²) in [5, 5.41) is 12.1. The van der Waals surface area contributed by atoms with Gasteiger partial charge in [-0.25, -0.2) is 15.3 Å². The normalized spacial score (nSPS) is 10.6. The lowest BCUT2D eigenvalue weighted by Crippen LogP contribution is -2.28. The molecule has 144 valence electrons. The van der Waals surface area contributed by atoms with Gasteiger partial charge < -0.3 is 14.8 Å². The maximum absolute atomic E-state index is 11.8. The molecule has 0 atom stereocenters. The van der Waals surface area contributed by atoms with Crippen LogP contribution in [0, 0.1) is 0 Å². The van der Waals surface area contributed by atoms with Crippen molar-refractivity contribution in [1.82, 2.24) is 20.6 Å². The number of hydrazone groups is 1. The number of H-pyrrole nitrogens is 2. The van der Waals surface area contributed by atoms with E-state index in [-0.39, 0.29) is 24.7 Å². The van der Waals surface area contributed by atoms with Crippen molar-refractivity contribution in [3.05, 3.63) is 43.0 Å². The number of benzene rings is 1. The molecule has 0 saturated heterocycles. The van der Waals surface area contributed by atoms with Crippen molar-refractivity contribution >= 4 is 33.9 Å². The Morgan fingerprint density at radius 2 is 2.11 bits per heavy atom. The molecule has 2 rings (SSSR count). The summed E-state index contributed by atoms with van der Waals surface area (Å²) in [6, 6.07) is 3.46. The summed E-state index contributed by atoms with van der Waals surface area (Å²) in [6.45, 7) is 0.130. The minimum atomic E-state index is -0.709. The zero-order valence-electron chi connectivity index (χ0n) is 14.5. The van der Waals surface area contributed by atoms with Gasteiger partial charge in [0.05, 0.1) is 24.9 Å². The number of ether oxygens (including phenoxy) is 2. The van der Waals surface area contributed by atoms with Gasteiger partial charge in [-0.15, -0.1) is 5.10 Å². The zero-order valence-corrected chi connectivity index (χ0v) is 16.0. The van der Waals surface area contributed by atoms with Crippen molar-refractivity contribution in [2.75, 3.05) is 26.1 Å². The first-order valence-corrected chi connectivity index (χ1v) is 8.40. The highest BCUT2D eigenvalue weighted by Crippen LogP contribution is 2.35. The Bertz CT molecular complexity index is 954. The summed E-state index contributed by atoms with van der Waals surface area (Å²) in [6.07, 6.45) is 1.49. The number of aromatic nitrogens is 3. The van der Waals surface area contributed by atoms with Crippen LogP contribution < -0.4 is 31.5 Å². The molecule has 27 heavy (non-hydrogen) atoms. The fourth-order valence-corrected chi connectivity index (χ4v) is 2.63. The molecule has 0 aliphatic rings. The number of nitrogens with one attached hydrogen (secondary N) is 4. The van der Waals surface area contributed by atoms with Crippen LogP contribution in [0.25, 0.3) is 0 Å². The summed E-state index contributed by atoms with van der Waals surface area (Å²) in [4.78, 5) is 36.1. The number of nitrogens with zero attached hydrogens (tertiary/aromatic N) is 2. The third-order valence-corrected chi connectivity index (χ3v) is 3.80. The van der Waals surface area contributed by atoms with Crippen LogP contribution in [0.4, 0.5) is 5.82 Å². The Hall–Kier alpha value is -3.15. The molecule has 4 N–H and O–H groups in total. The molecule has 0 saturated carbocycles. The third-order valence-electron chi connectivity index (χ3n) is 3.21. The van der Waals surface area contributed by atoms with Crippen molar-refractivity contribution < 1.29 is 14.3 Å². The van der Waals surface area contributed by atoms with Gasteiger partial charge in [0.2, 0.25) is 11.7 Å². The Balaban J connectivity index is 1.87. The number of hydrogen-bond acceptors (Lipinski definition) is 8. The number of aromatic amines is 2. The topological polar surface area (TPSA) is 151 Å². The van der Waals surface area contributed by atoms with Crippen LogP contribution in [-0.4, -0.2) is 48.1 Å². The number of rotatable bonds is 8. The number of methoxy groups -OCH3 is 2. The van der Waals surface area contributed by atoms with E-state index in [1.54, 1.807) is 12.1 Å². The minimum absolute atomic E-state index is 0.0349. The summed E-state index contributed by atoms with van der Waals surface area (Å²) in [5.74, 6) is 0.610. The molecule has 11 nitrogen and oxygen atoms in total. The van der Waals surface area contributed by atoms with E-state index in [1.807, 2.05) is 4.98 Å². The van der Waals surface area contributed by atoms with Crippen LogP contribution in [0.1, 0.15) is 12.0 Å². The number of halogens is 1. The molecule has 0 radical (unpaired) electrons. The molecule has 0 bridgehead atoms. The first-order valence-electron chi connectivity index (χ1n) is 7.61. The van der Waals surface area contributed by atoms with E-state index in [9.17, 15) is 14.4 Å². The van der Waals surface area contributed by atoms with E-state index in [0.717, 1.165) is 0 Å². The maximum Gasteiger partial charge on any atom is 0.342 e. The van der Waals surface area contributed by atoms with Gasteiger partial charge in [0, 0.05) is 13.0 Å². The molecule has 2 aromatic rings. The largest absolute Gasteiger partial charge is 0.493 e. The van der Waals surface area contributed by atoms with Crippen LogP contribution in [0.15, 0.2) is 31.3 Å². The van der Waals surface area contributed by atoms with Gasteiger partial charge in [-0.2, -0.15) is 5.10 Å². The predicted molar refractivity (Wildman–Crippen MR) is 102 cm³/mol. The van der Waals surface area contributed by atoms with Gasteiger partial charge in [-0.3, -0.25) is 14.6 Å². The summed E-state index contributed by atoms with van der Waals surface area (Å²) in [5.41, 5.74) is 1.67. The summed E-state index contributed by atoms with van der Waals surface area (Å²) >= 11 is 3.37. The molecule has 0 fully saturated rings. The molecule has 1 heterocycles. The highest BCUT2D eigenvalue weighted by molar-refractivity contribution is 9.10. The fraction of sp³-hybridized carbons (Fsp3) is 0.267. The molecule has 0 unspecified atom stereocenters. The van der Waals surface area contributed by atoms with Crippen molar-refractivity contribution in [2.45, 2.75) is 6.42 Å². The highest BCUT2D eigenvalue weighted by Gasteiger charge is 2.09. The fourth-order valence-electron chi connectivity index (χ4n) is 2.01. The number of hydrogen-bond donors (Lipinski definition) is 4. The van der Waals surface area contributed by atoms with Crippen LogP contribution in [-0.2, 0) is 4.79 Å². The summed E-state index contributed by atoms with van der Waals surface area (Å²) < 4.78 is 11.1. The quantitative estimate of drug-likeness (QED) is 0.337. The van der Waals surface area contributed by atoms with Crippen molar-refractivity contribution in [3.63, 3.8) is 0 Å². The lowest BCUT2D eigenvalue weighted by atomic mass is 10.2. The number of amides is 1. The van der Waals surface area contributed by atoms with Crippen molar-refractivity contribution in [3.8, 4) is 11.5 Å². The van der Waals surface area contributed by atoms with Gasteiger partial charge in [0.25, 0.3) is 5.56 Å². The number of anilines is 1. The van der Waals surface area contributed by atoms with E-state index in [1.165, 1.54) is 20.4 Å². The SMILES string of the molecule is COc1cc(/C=N/NC(=O)CCNc2n[nH]c(=O)[nH]c2=O)cc(Br)c1OC. The molecule has 1 aromatic heterocycles. The zero-order chi connectivity index (χ0) is 19.8. The third kappa shape index (κ3) is 5.67. The van der Waals surface area contributed by atoms with E-state index in [2.05, 4.69) is 42.0 Å². The first kappa shape index (κ1) is 20.2. The van der Waals surface area contributed by atoms with Gasteiger partial charge in [0.15, 0.2) is 11.5 Å². The molecule has 0 aliphatic carbocycles. The Labute approximate surface area is 161 Å². The average molecular weight is 441 g/mol. The smallest absolute Gasteiger partial charge is 0.342 e. The Morgan fingerprint density at radius 1 is 1.33 bits per heavy atom. The Kier molecular flexibility index (Phi) is 7.11. The van der Waals surface area contributed by atoms with Gasteiger partial charge in [-0.1, -0.05) is 0 Å². The summed E-state index contributed by atoms with van der Waals surface area (Å²) in [7, 11) is 3.05. The van der Waals surface area contributed by atoms with Crippen LogP contribution in [0.3, 0.4) is 0 Å². The number of carbonyl (C=O) groups excluding carboxylic acids is 1. The van der Waals surface area contributed by atoms with Gasteiger partial charge in [0.1, 0.15) is 0 Å².